The molecule has 1 saturated carbocycles. The van der Waals surface area contributed by atoms with Crippen molar-refractivity contribution in [3.63, 3.8) is 0 Å². The van der Waals surface area contributed by atoms with E-state index in [0.29, 0.717) is 12.6 Å². The third kappa shape index (κ3) is 2.71. The fraction of sp³-hybridized carbons (Fsp3) is 0.636. The van der Waals surface area contributed by atoms with Crippen LogP contribution >= 0.6 is 11.3 Å². The second-order valence-corrected chi connectivity index (χ2v) is 7.89. The van der Waals surface area contributed by atoms with Crippen LogP contribution in [0.15, 0.2) is 9.72 Å². The first-order valence-corrected chi connectivity index (χ1v) is 8.77. The van der Waals surface area contributed by atoms with Crippen molar-refractivity contribution in [1.82, 2.24) is 14.6 Å². The van der Waals surface area contributed by atoms with E-state index in [0.717, 1.165) is 24.3 Å². The number of hydrogen-bond acceptors (Lipinski definition) is 6. The standard InChI is InChI=1S/C11H15N3O4S2/c15-10(16)9-11(19-6-12-9)20(17,18)13-7-3-4-14(5-7)8-1-2-8/h6-8,13H,1-5H2,(H,15,16). The van der Waals surface area contributed by atoms with Gasteiger partial charge >= 0.3 is 5.97 Å². The Morgan fingerprint density at radius 3 is 2.85 bits per heavy atom. The van der Waals surface area contributed by atoms with Crippen LogP contribution in [-0.2, 0) is 10.0 Å². The summed E-state index contributed by atoms with van der Waals surface area (Å²) in [6.45, 7) is 1.59. The lowest BCUT2D eigenvalue weighted by Gasteiger charge is -2.15. The van der Waals surface area contributed by atoms with E-state index < -0.39 is 21.7 Å². The van der Waals surface area contributed by atoms with Crippen LogP contribution in [0.2, 0.25) is 0 Å². The molecule has 1 aliphatic carbocycles. The molecule has 1 unspecified atom stereocenters. The van der Waals surface area contributed by atoms with Crippen LogP contribution in [0.4, 0.5) is 0 Å². The number of hydrogen-bond donors (Lipinski definition) is 2. The zero-order valence-electron chi connectivity index (χ0n) is 10.7. The van der Waals surface area contributed by atoms with E-state index in [1.54, 1.807) is 0 Å². The first kappa shape index (κ1) is 13.9. The number of rotatable bonds is 5. The van der Waals surface area contributed by atoms with Gasteiger partial charge in [-0.3, -0.25) is 4.90 Å². The highest BCUT2D eigenvalue weighted by Crippen LogP contribution is 2.30. The molecule has 110 valence electrons. The lowest BCUT2D eigenvalue weighted by atomic mass is 10.3. The van der Waals surface area contributed by atoms with Crippen LogP contribution in [0.5, 0.6) is 0 Å². The fourth-order valence-corrected chi connectivity index (χ4v) is 4.91. The van der Waals surface area contributed by atoms with E-state index in [-0.39, 0.29) is 10.3 Å². The minimum atomic E-state index is -3.81. The number of aromatic carboxylic acids is 1. The van der Waals surface area contributed by atoms with Gasteiger partial charge in [-0.25, -0.2) is 22.9 Å². The molecule has 0 aromatic carbocycles. The molecule has 3 rings (SSSR count). The summed E-state index contributed by atoms with van der Waals surface area (Å²) in [5.74, 6) is -1.32. The quantitative estimate of drug-likeness (QED) is 0.813. The largest absolute Gasteiger partial charge is 0.476 e. The Kier molecular flexibility index (Phi) is 3.53. The predicted octanol–water partition coefficient (Wildman–Crippen LogP) is 0.356. The minimum Gasteiger partial charge on any atom is -0.476 e. The van der Waals surface area contributed by atoms with Gasteiger partial charge in [-0.05, 0) is 19.3 Å². The van der Waals surface area contributed by atoms with E-state index >= 15 is 0 Å². The molecule has 2 heterocycles. The molecule has 7 nitrogen and oxygen atoms in total. The Hall–Kier alpha value is -1.03. The van der Waals surface area contributed by atoms with Gasteiger partial charge in [-0.15, -0.1) is 11.3 Å². The van der Waals surface area contributed by atoms with Crippen molar-refractivity contribution >= 4 is 27.3 Å². The number of carboxylic acid groups (broad SMARTS) is 1. The number of nitrogens with zero attached hydrogens (tertiary/aromatic N) is 2. The lowest BCUT2D eigenvalue weighted by Crippen LogP contribution is -2.37. The van der Waals surface area contributed by atoms with Crippen LogP contribution < -0.4 is 4.72 Å². The summed E-state index contributed by atoms with van der Waals surface area (Å²) in [6.07, 6.45) is 3.14. The van der Waals surface area contributed by atoms with E-state index in [9.17, 15) is 13.2 Å². The van der Waals surface area contributed by atoms with Crippen molar-refractivity contribution in [2.75, 3.05) is 13.1 Å². The van der Waals surface area contributed by atoms with E-state index in [1.807, 2.05) is 0 Å². The number of aromatic nitrogens is 1. The Labute approximate surface area is 120 Å². The second-order valence-electron chi connectivity index (χ2n) is 5.13. The van der Waals surface area contributed by atoms with Crippen molar-refractivity contribution in [2.24, 2.45) is 0 Å². The summed E-state index contributed by atoms with van der Waals surface area (Å²) in [4.78, 5) is 16.8. The van der Waals surface area contributed by atoms with Crippen molar-refractivity contribution < 1.29 is 18.3 Å². The summed E-state index contributed by atoms with van der Waals surface area (Å²) in [6, 6.07) is 0.465. The Bertz CT molecular complexity index is 623. The minimum absolute atomic E-state index is 0.149. The molecule has 1 atom stereocenters. The average molecular weight is 317 g/mol. The van der Waals surface area contributed by atoms with Gasteiger partial charge in [0.15, 0.2) is 9.90 Å². The maximum absolute atomic E-state index is 12.2. The number of thiazole rings is 1. The summed E-state index contributed by atoms with van der Waals surface area (Å²) in [5.41, 5.74) is 0.836. The van der Waals surface area contributed by atoms with Gasteiger partial charge in [0, 0.05) is 25.2 Å². The normalized spacial score (nSPS) is 24.1. The molecule has 9 heteroatoms. The smallest absolute Gasteiger partial charge is 0.356 e. The van der Waals surface area contributed by atoms with Crippen LogP contribution in [0.3, 0.4) is 0 Å². The molecule has 2 N–H and O–H groups in total. The molecular formula is C11H15N3O4S2. The highest BCUT2D eigenvalue weighted by atomic mass is 32.2. The summed E-state index contributed by atoms with van der Waals surface area (Å²) in [5, 5.41) is 8.95. The third-order valence-corrected chi connectivity index (χ3v) is 6.48. The van der Waals surface area contributed by atoms with Gasteiger partial charge in [-0.1, -0.05) is 0 Å². The molecule has 1 aromatic heterocycles. The number of sulfonamides is 1. The molecule has 0 spiro atoms. The Balaban J connectivity index is 1.72. The first-order chi connectivity index (χ1) is 9.47. The summed E-state index contributed by atoms with van der Waals surface area (Å²) in [7, 11) is -3.81. The van der Waals surface area contributed by atoms with Crippen molar-refractivity contribution in [3.8, 4) is 0 Å². The van der Waals surface area contributed by atoms with Crippen molar-refractivity contribution in [3.05, 3.63) is 11.2 Å². The number of nitrogens with one attached hydrogen (secondary N) is 1. The number of carbonyl (C=O) groups is 1. The van der Waals surface area contributed by atoms with E-state index in [2.05, 4.69) is 14.6 Å². The molecule has 0 radical (unpaired) electrons. The SMILES string of the molecule is O=C(O)c1ncsc1S(=O)(=O)NC1CCN(C2CC2)C1. The van der Waals surface area contributed by atoms with Crippen LogP contribution in [0, 0.1) is 0 Å². The Morgan fingerprint density at radius 1 is 1.45 bits per heavy atom. The third-order valence-electron chi connectivity index (χ3n) is 3.59. The van der Waals surface area contributed by atoms with Crippen molar-refractivity contribution in [2.45, 2.75) is 35.6 Å². The average Bonchev–Trinajstić information content (AvgIpc) is 2.91. The maximum atomic E-state index is 12.2. The van der Waals surface area contributed by atoms with Gasteiger partial charge in [0.25, 0.3) is 10.0 Å². The van der Waals surface area contributed by atoms with Gasteiger partial charge < -0.3 is 5.11 Å². The summed E-state index contributed by atoms with van der Waals surface area (Å²) < 4.78 is 26.9. The second kappa shape index (κ2) is 5.06. The Morgan fingerprint density at radius 2 is 2.20 bits per heavy atom. The molecule has 20 heavy (non-hydrogen) atoms. The van der Waals surface area contributed by atoms with Gasteiger partial charge in [-0.2, -0.15) is 0 Å². The topological polar surface area (TPSA) is 99.6 Å². The zero-order valence-corrected chi connectivity index (χ0v) is 12.3. The van der Waals surface area contributed by atoms with E-state index in [1.165, 1.54) is 18.4 Å². The zero-order chi connectivity index (χ0) is 14.3. The number of carboxylic acids is 1. The highest BCUT2D eigenvalue weighted by molar-refractivity contribution is 7.91. The van der Waals surface area contributed by atoms with Gasteiger partial charge in [0.1, 0.15) is 0 Å². The molecule has 0 amide bonds. The van der Waals surface area contributed by atoms with Gasteiger partial charge in [0.05, 0.1) is 5.51 Å². The molecule has 1 aromatic rings. The van der Waals surface area contributed by atoms with Crippen LogP contribution in [-0.4, -0.2) is 54.6 Å². The van der Waals surface area contributed by atoms with Crippen LogP contribution in [0.1, 0.15) is 29.8 Å². The molecular weight excluding hydrogens is 302 g/mol. The molecule has 1 saturated heterocycles. The fourth-order valence-electron chi connectivity index (χ4n) is 2.50. The predicted molar refractivity (Wildman–Crippen MR) is 72.4 cm³/mol. The monoisotopic (exact) mass is 317 g/mol. The number of likely N-dealkylation sites (tertiary alicyclic amines) is 1. The molecule has 1 aliphatic heterocycles. The highest BCUT2D eigenvalue weighted by Gasteiger charge is 2.36. The lowest BCUT2D eigenvalue weighted by molar-refractivity contribution is 0.0687. The van der Waals surface area contributed by atoms with Gasteiger partial charge in [0.2, 0.25) is 0 Å². The molecule has 2 aliphatic rings. The molecule has 2 fully saturated rings. The van der Waals surface area contributed by atoms with Crippen LogP contribution in [0.25, 0.3) is 0 Å². The molecule has 0 bridgehead atoms. The maximum Gasteiger partial charge on any atom is 0.356 e. The van der Waals surface area contributed by atoms with E-state index in [4.69, 9.17) is 5.11 Å². The summed E-state index contributed by atoms with van der Waals surface area (Å²) >= 11 is 0.832. The van der Waals surface area contributed by atoms with Crippen molar-refractivity contribution in [1.29, 1.82) is 0 Å². The first-order valence-electron chi connectivity index (χ1n) is 6.40.